The van der Waals surface area contributed by atoms with Crippen LogP contribution in [0.2, 0.25) is 5.02 Å². The first-order valence-electron chi connectivity index (χ1n) is 11.7. The number of nitrogen functional groups attached to an aromatic ring is 1. The van der Waals surface area contributed by atoms with E-state index in [4.69, 9.17) is 26.9 Å². The van der Waals surface area contributed by atoms with Crippen LogP contribution in [0, 0.1) is 5.82 Å². The van der Waals surface area contributed by atoms with Crippen molar-refractivity contribution < 1.29 is 23.5 Å². The highest BCUT2D eigenvalue weighted by atomic mass is 35.5. The number of nitrogens with two attached hydrogens (primary N) is 1. The van der Waals surface area contributed by atoms with Crippen LogP contribution in [-0.4, -0.2) is 41.7 Å². The zero-order chi connectivity index (χ0) is 27.5. The van der Waals surface area contributed by atoms with Gasteiger partial charge in [-0.1, -0.05) is 29.8 Å². The molecule has 0 fully saturated rings. The number of rotatable bonds is 6. The maximum Gasteiger partial charge on any atom is 0.309 e. The summed E-state index contributed by atoms with van der Waals surface area (Å²) in [6.07, 6.45) is 0.816. The predicted molar refractivity (Wildman–Crippen MR) is 139 cm³/mol. The molecule has 4 N–H and O–H groups in total. The first-order chi connectivity index (χ1) is 18.6. The summed E-state index contributed by atoms with van der Waals surface area (Å²) in [6, 6.07) is 11.5. The molecular weight excluding hydrogens is 529 g/mol. The summed E-state index contributed by atoms with van der Waals surface area (Å²) in [7, 11) is 0. The van der Waals surface area contributed by atoms with Gasteiger partial charge in [0.05, 0.1) is 29.7 Å². The van der Waals surface area contributed by atoms with E-state index < -0.39 is 17.3 Å². The Morgan fingerprint density at radius 3 is 2.79 bits per heavy atom. The fourth-order valence-electron chi connectivity index (χ4n) is 4.71. The number of hydrogen-bond donors (Lipinski definition) is 3. The van der Waals surface area contributed by atoms with Crippen LogP contribution in [-0.2, 0) is 28.0 Å². The van der Waals surface area contributed by atoms with E-state index in [9.17, 15) is 14.0 Å². The Bertz CT molecular complexity index is 1820. The molecule has 5 aromatic rings. The molecular formula is C26H19ClFN7O4. The second-order valence-corrected chi connectivity index (χ2v) is 9.65. The highest BCUT2D eigenvalue weighted by Crippen LogP contribution is 2.45. The van der Waals surface area contributed by atoms with E-state index in [0.29, 0.717) is 27.2 Å². The molecule has 11 nitrogen and oxygen atoms in total. The number of aliphatic carboxylic acids is 1. The lowest BCUT2D eigenvalue weighted by molar-refractivity contribution is -0.136. The minimum Gasteiger partial charge on any atom is -0.481 e. The van der Waals surface area contributed by atoms with Crippen LogP contribution in [0.15, 0.2) is 53.1 Å². The third kappa shape index (κ3) is 3.96. The Morgan fingerprint density at radius 2 is 2.03 bits per heavy atom. The van der Waals surface area contributed by atoms with E-state index in [1.54, 1.807) is 48.0 Å². The SMILES string of the molecule is C[C@@]1(c2nc(CC(=O)O)co2)C(=O)Nc2nc(-c3nn(Cc4ccccc4F)c4cc(Cl)ccc34)nc(N)c21. The van der Waals surface area contributed by atoms with Crippen molar-refractivity contribution in [3.05, 3.63) is 82.3 Å². The van der Waals surface area contributed by atoms with Gasteiger partial charge in [-0.15, -0.1) is 0 Å². The lowest BCUT2D eigenvalue weighted by atomic mass is 9.84. The van der Waals surface area contributed by atoms with Crippen LogP contribution in [0.25, 0.3) is 22.4 Å². The normalized spacial score (nSPS) is 16.4. The van der Waals surface area contributed by atoms with Crippen LogP contribution in [0.1, 0.15) is 29.6 Å². The average Bonchev–Trinajstić information content (AvgIpc) is 3.56. The first kappa shape index (κ1) is 24.5. The highest BCUT2D eigenvalue weighted by Gasteiger charge is 2.51. The summed E-state index contributed by atoms with van der Waals surface area (Å²) in [4.78, 5) is 37.4. The summed E-state index contributed by atoms with van der Waals surface area (Å²) in [5.41, 5.74) is 6.70. The smallest absolute Gasteiger partial charge is 0.309 e. The van der Waals surface area contributed by atoms with Gasteiger partial charge in [-0.05, 0) is 31.2 Å². The largest absolute Gasteiger partial charge is 0.481 e. The quantitative estimate of drug-likeness (QED) is 0.287. The number of fused-ring (bicyclic) bond motifs is 2. The van der Waals surface area contributed by atoms with Gasteiger partial charge in [0.1, 0.15) is 29.4 Å². The van der Waals surface area contributed by atoms with Crippen molar-refractivity contribution in [3.8, 4) is 11.5 Å². The van der Waals surface area contributed by atoms with Crippen LogP contribution in [0.4, 0.5) is 16.0 Å². The minimum absolute atomic E-state index is 0.0143. The number of halogens is 2. The molecule has 3 aromatic heterocycles. The Balaban J connectivity index is 1.46. The zero-order valence-electron chi connectivity index (χ0n) is 20.3. The third-order valence-electron chi connectivity index (χ3n) is 6.64. The van der Waals surface area contributed by atoms with E-state index in [1.807, 2.05) is 0 Å². The fourth-order valence-corrected chi connectivity index (χ4v) is 4.88. The minimum atomic E-state index is -1.49. The van der Waals surface area contributed by atoms with E-state index in [2.05, 4.69) is 25.4 Å². The number of anilines is 2. The third-order valence-corrected chi connectivity index (χ3v) is 6.87. The number of benzene rings is 2. The lowest BCUT2D eigenvalue weighted by Gasteiger charge is -2.18. The van der Waals surface area contributed by atoms with Crippen molar-refractivity contribution in [1.29, 1.82) is 0 Å². The monoisotopic (exact) mass is 547 g/mol. The molecule has 13 heteroatoms. The van der Waals surface area contributed by atoms with Gasteiger partial charge in [-0.25, -0.2) is 19.3 Å². The zero-order valence-corrected chi connectivity index (χ0v) is 21.0. The van der Waals surface area contributed by atoms with E-state index in [-0.39, 0.29) is 53.4 Å². The Morgan fingerprint density at radius 1 is 1.23 bits per heavy atom. The van der Waals surface area contributed by atoms with E-state index in [1.165, 1.54) is 12.3 Å². The van der Waals surface area contributed by atoms with Crippen LogP contribution in [0.3, 0.4) is 0 Å². The second kappa shape index (κ2) is 8.88. The molecule has 1 amide bonds. The molecule has 0 bridgehead atoms. The summed E-state index contributed by atoms with van der Waals surface area (Å²) in [5, 5.41) is 17.5. The molecule has 1 atom stereocenters. The Labute approximate surface area is 224 Å². The number of carbonyl (C=O) groups excluding carboxylic acids is 1. The van der Waals surface area contributed by atoms with Gasteiger partial charge in [-0.3, -0.25) is 14.3 Å². The number of carboxylic acid groups (broad SMARTS) is 1. The Kier molecular flexibility index (Phi) is 5.57. The molecule has 1 aliphatic heterocycles. The number of nitrogens with one attached hydrogen (secondary N) is 1. The van der Waals surface area contributed by atoms with Crippen LogP contribution >= 0.6 is 11.6 Å². The fraction of sp³-hybridized carbons (Fsp3) is 0.154. The number of carbonyl (C=O) groups is 2. The number of oxazole rings is 1. The number of nitrogens with zero attached hydrogens (tertiary/aromatic N) is 5. The number of hydrogen-bond acceptors (Lipinski definition) is 8. The van der Waals surface area contributed by atoms with Crippen molar-refractivity contribution >= 4 is 46.0 Å². The van der Waals surface area contributed by atoms with Gasteiger partial charge in [0, 0.05) is 16.0 Å². The maximum atomic E-state index is 14.4. The topological polar surface area (TPSA) is 162 Å². The summed E-state index contributed by atoms with van der Waals surface area (Å²) in [6.45, 7) is 1.67. The molecule has 0 saturated carbocycles. The molecule has 0 spiro atoms. The molecule has 6 rings (SSSR count). The molecule has 0 unspecified atom stereocenters. The molecule has 2 aromatic carbocycles. The second-order valence-electron chi connectivity index (χ2n) is 9.21. The molecule has 1 aliphatic rings. The number of aromatic nitrogens is 5. The van der Waals surface area contributed by atoms with Crippen LogP contribution in [0.5, 0.6) is 0 Å². The summed E-state index contributed by atoms with van der Waals surface area (Å²) < 4.78 is 21.5. The lowest BCUT2D eigenvalue weighted by Crippen LogP contribution is -2.33. The number of carboxylic acids is 1. The average molecular weight is 548 g/mol. The van der Waals surface area contributed by atoms with Crippen molar-refractivity contribution in [2.75, 3.05) is 11.1 Å². The van der Waals surface area contributed by atoms with Gasteiger partial charge in [0.2, 0.25) is 11.8 Å². The highest BCUT2D eigenvalue weighted by molar-refractivity contribution is 6.31. The predicted octanol–water partition coefficient (Wildman–Crippen LogP) is 3.79. The molecule has 4 heterocycles. The molecule has 0 aliphatic carbocycles. The van der Waals surface area contributed by atoms with E-state index >= 15 is 0 Å². The summed E-state index contributed by atoms with van der Waals surface area (Å²) >= 11 is 6.26. The van der Waals surface area contributed by atoms with Gasteiger partial charge in [0.15, 0.2) is 11.2 Å². The van der Waals surface area contributed by atoms with Gasteiger partial charge in [-0.2, -0.15) is 5.10 Å². The number of amides is 1. The summed E-state index contributed by atoms with van der Waals surface area (Å²) in [5.74, 6) is -1.74. The van der Waals surface area contributed by atoms with Crippen molar-refractivity contribution in [2.24, 2.45) is 0 Å². The van der Waals surface area contributed by atoms with Crippen molar-refractivity contribution in [3.63, 3.8) is 0 Å². The first-order valence-corrected chi connectivity index (χ1v) is 12.1. The molecule has 39 heavy (non-hydrogen) atoms. The van der Waals surface area contributed by atoms with Crippen LogP contribution < -0.4 is 11.1 Å². The van der Waals surface area contributed by atoms with Gasteiger partial charge >= 0.3 is 5.97 Å². The van der Waals surface area contributed by atoms with E-state index in [0.717, 1.165) is 0 Å². The van der Waals surface area contributed by atoms with Crippen molar-refractivity contribution in [1.82, 2.24) is 24.7 Å². The van der Waals surface area contributed by atoms with Gasteiger partial charge in [0.25, 0.3) is 0 Å². The van der Waals surface area contributed by atoms with Gasteiger partial charge < -0.3 is 20.6 Å². The Hall–Kier alpha value is -4.84. The molecule has 0 radical (unpaired) electrons. The van der Waals surface area contributed by atoms with Crippen molar-refractivity contribution in [2.45, 2.75) is 25.3 Å². The standard InChI is InChI=1S/C26H19ClFN7O4/c1-26(25-30-14(11-39-25)9-18(36)37)19-21(29)31-23(32-22(19)33-24(26)38)20-15-7-6-13(27)8-17(15)35(34-20)10-12-4-2-3-5-16(12)28/h2-8,11H,9-10H2,1H3,(H,36,37)(H3,29,31,32,33,38)/t26-/m0/s1. The molecule has 0 saturated heterocycles. The molecule has 196 valence electrons. The maximum absolute atomic E-state index is 14.4.